The summed E-state index contributed by atoms with van der Waals surface area (Å²) in [5.74, 6) is 0. The number of nitrogens with one attached hydrogen (secondary N) is 2. The molecule has 0 aliphatic carbocycles. The van der Waals surface area contributed by atoms with Crippen LogP contribution < -0.4 is 16.3 Å². The van der Waals surface area contributed by atoms with Crippen molar-refractivity contribution in [3.63, 3.8) is 0 Å². The molecule has 3 aromatic rings. The van der Waals surface area contributed by atoms with Crippen molar-refractivity contribution in [2.75, 3.05) is 5.32 Å². The molecule has 6 nitrogen and oxygen atoms in total. The number of hydrogen-bond acceptors (Lipinski definition) is 4. The number of benzene rings is 1. The Morgan fingerprint density at radius 2 is 2.12 bits per heavy atom. The molecule has 0 spiro atoms. The maximum absolute atomic E-state index is 11.5. The number of anilines is 1. The molecule has 0 fully saturated rings. The second-order valence-corrected chi connectivity index (χ2v) is 6.27. The van der Waals surface area contributed by atoms with Gasteiger partial charge in [-0.25, -0.2) is 4.79 Å². The Kier molecular flexibility index (Phi) is 4.85. The van der Waals surface area contributed by atoms with E-state index in [-0.39, 0.29) is 5.63 Å². The Balaban J connectivity index is 1.69. The smallest absolute Gasteiger partial charge is 0.336 e. The molecule has 2 aromatic heterocycles. The van der Waals surface area contributed by atoms with Gasteiger partial charge in [0.1, 0.15) is 5.58 Å². The monoisotopic (exact) mass is 356 g/mol. The quantitative estimate of drug-likeness (QED) is 0.553. The standard InChI is InChI=1S/C18H20N4O2S/c1-4-22-10-13(12(3)21-22)9-19-18(25)20-14-5-6-15-11(2)7-17(23)24-16(15)8-14/h5-8,10H,4,9H2,1-3H3,(H2,19,20,25). The van der Waals surface area contributed by atoms with Crippen LogP contribution in [0, 0.1) is 13.8 Å². The molecule has 25 heavy (non-hydrogen) atoms. The highest BCUT2D eigenvalue weighted by Crippen LogP contribution is 2.20. The molecule has 0 aliphatic rings. The van der Waals surface area contributed by atoms with Crippen LogP contribution in [0.15, 0.2) is 39.7 Å². The van der Waals surface area contributed by atoms with E-state index in [1.54, 1.807) is 6.07 Å². The summed E-state index contributed by atoms with van der Waals surface area (Å²) in [5, 5.41) is 12.1. The molecule has 3 rings (SSSR count). The third kappa shape index (κ3) is 3.88. The van der Waals surface area contributed by atoms with Gasteiger partial charge in [-0.1, -0.05) is 0 Å². The first-order chi connectivity index (χ1) is 12.0. The van der Waals surface area contributed by atoms with E-state index in [2.05, 4.69) is 22.7 Å². The molecule has 0 saturated heterocycles. The molecule has 0 unspecified atom stereocenters. The third-order valence-corrected chi connectivity index (χ3v) is 4.27. The average molecular weight is 356 g/mol. The van der Waals surface area contributed by atoms with Crippen LogP contribution in [0.5, 0.6) is 0 Å². The maximum Gasteiger partial charge on any atom is 0.336 e. The molecule has 0 radical (unpaired) electrons. The number of thiocarbonyl (C=S) groups is 1. The van der Waals surface area contributed by atoms with Crippen molar-refractivity contribution in [1.82, 2.24) is 15.1 Å². The number of rotatable bonds is 4. The Labute approximate surface area is 150 Å². The summed E-state index contributed by atoms with van der Waals surface area (Å²) >= 11 is 5.35. The predicted molar refractivity (Wildman–Crippen MR) is 103 cm³/mol. The van der Waals surface area contributed by atoms with E-state index in [9.17, 15) is 4.79 Å². The first-order valence-corrected chi connectivity index (χ1v) is 8.49. The highest BCUT2D eigenvalue weighted by atomic mass is 32.1. The molecule has 0 saturated carbocycles. The van der Waals surface area contributed by atoms with Crippen LogP contribution in [0.3, 0.4) is 0 Å². The van der Waals surface area contributed by atoms with Gasteiger partial charge in [0.05, 0.1) is 5.69 Å². The summed E-state index contributed by atoms with van der Waals surface area (Å²) in [6.45, 7) is 7.35. The summed E-state index contributed by atoms with van der Waals surface area (Å²) < 4.78 is 7.15. The largest absolute Gasteiger partial charge is 0.423 e. The van der Waals surface area contributed by atoms with Gasteiger partial charge < -0.3 is 15.1 Å². The predicted octanol–water partition coefficient (Wildman–Crippen LogP) is 3.11. The van der Waals surface area contributed by atoms with E-state index in [0.717, 1.165) is 34.4 Å². The SMILES string of the molecule is CCn1cc(CNC(=S)Nc2ccc3c(C)cc(=O)oc3c2)c(C)n1. The lowest BCUT2D eigenvalue weighted by atomic mass is 10.1. The van der Waals surface area contributed by atoms with Crippen LogP contribution in [-0.2, 0) is 13.1 Å². The van der Waals surface area contributed by atoms with Crippen molar-refractivity contribution < 1.29 is 4.42 Å². The van der Waals surface area contributed by atoms with Gasteiger partial charge in [-0.15, -0.1) is 0 Å². The topological polar surface area (TPSA) is 72.1 Å². The Hall–Kier alpha value is -2.67. The van der Waals surface area contributed by atoms with Crippen molar-refractivity contribution in [3.8, 4) is 0 Å². The van der Waals surface area contributed by atoms with E-state index in [1.807, 2.05) is 36.9 Å². The van der Waals surface area contributed by atoms with E-state index in [1.165, 1.54) is 6.07 Å². The molecule has 0 bridgehead atoms. The van der Waals surface area contributed by atoms with Crippen LogP contribution in [0.2, 0.25) is 0 Å². The van der Waals surface area contributed by atoms with E-state index in [4.69, 9.17) is 16.6 Å². The first kappa shape index (κ1) is 17.2. The number of fused-ring (bicyclic) bond motifs is 1. The fourth-order valence-electron chi connectivity index (χ4n) is 2.65. The summed E-state index contributed by atoms with van der Waals surface area (Å²) in [6.07, 6.45) is 2.01. The van der Waals surface area contributed by atoms with Gasteiger partial charge in [-0.2, -0.15) is 5.10 Å². The van der Waals surface area contributed by atoms with Gasteiger partial charge in [0.25, 0.3) is 0 Å². The van der Waals surface area contributed by atoms with Gasteiger partial charge in [0.2, 0.25) is 0 Å². The average Bonchev–Trinajstić information content (AvgIpc) is 2.92. The third-order valence-electron chi connectivity index (χ3n) is 4.02. The van der Waals surface area contributed by atoms with Crippen LogP contribution >= 0.6 is 12.2 Å². The Morgan fingerprint density at radius 1 is 1.32 bits per heavy atom. The molecular weight excluding hydrogens is 336 g/mol. The number of aromatic nitrogens is 2. The lowest BCUT2D eigenvalue weighted by molar-refractivity contribution is 0.560. The molecule has 2 heterocycles. The lowest BCUT2D eigenvalue weighted by Gasteiger charge is -2.11. The van der Waals surface area contributed by atoms with Crippen LogP contribution in [0.1, 0.15) is 23.7 Å². The van der Waals surface area contributed by atoms with Crippen LogP contribution in [0.25, 0.3) is 11.0 Å². The van der Waals surface area contributed by atoms with E-state index >= 15 is 0 Å². The minimum Gasteiger partial charge on any atom is -0.423 e. The van der Waals surface area contributed by atoms with Gasteiger partial charge in [-0.05, 0) is 50.7 Å². The van der Waals surface area contributed by atoms with Crippen LogP contribution in [0.4, 0.5) is 5.69 Å². The summed E-state index contributed by atoms with van der Waals surface area (Å²) in [7, 11) is 0. The molecule has 0 atom stereocenters. The van der Waals surface area contributed by atoms with Crippen molar-refractivity contribution in [3.05, 3.63) is 57.7 Å². The summed E-state index contributed by atoms with van der Waals surface area (Å²) in [4.78, 5) is 11.5. The Morgan fingerprint density at radius 3 is 2.84 bits per heavy atom. The van der Waals surface area contributed by atoms with Crippen molar-refractivity contribution in [1.29, 1.82) is 0 Å². The second kappa shape index (κ2) is 7.06. The van der Waals surface area contributed by atoms with Gasteiger partial charge in [0.15, 0.2) is 5.11 Å². The molecule has 0 aliphatic heterocycles. The fraction of sp³-hybridized carbons (Fsp3) is 0.278. The first-order valence-electron chi connectivity index (χ1n) is 8.08. The van der Waals surface area contributed by atoms with E-state index in [0.29, 0.717) is 17.2 Å². The van der Waals surface area contributed by atoms with E-state index < -0.39 is 0 Å². The fourth-order valence-corrected chi connectivity index (χ4v) is 2.84. The van der Waals surface area contributed by atoms with Gasteiger partial charge >= 0.3 is 5.63 Å². The Bertz CT molecular complexity index is 990. The van der Waals surface area contributed by atoms with Crippen molar-refractivity contribution in [2.24, 2.45) is 0 Å². The second-order valence-electron chi connectivity index (χ2n) is 5.86. The zero-order chi connectivity index (χ0) is 18.0. The number of hydrogen-bond donors (Lipinski definition) is 2. The van der Waals surface area contributed by atoms with Crippen molar-refractivity contribution >= 4 is 34.0 Å². The lowest BCUT2D eigenvalue weighted by Crippen LogP contribution is -2.28. The molecule has 7 heteroatoms. The molecular formula is C18H20N4O2S. The summed E-state index contributed by atoms with van der Waals surface area (Å²) in [6, 6.07) is 7.08. The minimum absolute atomic E-state index is 0.355. The minimum atomic E-state index is -0.355. The maximum atomic E-state index is 11.5. The van der Waals surface area contributed by atoms with Crippen molar-refractivity contribution in [2.45, 2.75) is 33.9 Å². The van der Waals surface area contributed by atoms with Gasteiger partial charge in [0, 0.05) is 48.1 Å². The van der Waals surface area contributed by atoms with Gasteiger partial charge in [-0.3, -0.25) is 4.68 Å². The number of aryl methyl sites for hydroxylation is 3. The zero-order valence-electron chi connectivity index (χ0n) is 14.4. The molecule has 0 amide bonds. The molecule has 2 N–H and O–H groups in total. The summed E-state index contributed by atoms with van der Waals surface area (Å²) in [5.41, 5.74) is 3.93. The number of nitrogens with zero attached hydrogens (tertiary/aromatic N) is 2. The normalized spacial score (nSPS) is 10.8. The molecule has 130 valence electrons. The zero-order valence-corrected chi connectivity index (χ0v) is 15.2. The highest BCUT2D eigenvalue weighted by Gasteiger charge is 2.07. The highest BCUT2D eigenvalue weighted by molar-refractivity contribution is 7.80. The van der Waals surface area contributed by atoms with Crippen LogP contribution in [-0.4, -0.2) is 14.9 Å². The molecule has 1 aromatic carbocycles.